The van der Waals surface area contributed by atoms with Gasteiger partial charge < -0.3 is 0 Å². The van der Waals surface area contributed by atoms with Crippen LogP contribution < -0.4 is 0 Å². The predicted molar refractivity (Wildman–Crippen MR) is 192 cm³/mol. The Morgan fingerprint density at radius 1 is 0.562 bits per heavy atom. The normalized spacial score (nSPS) is 12.2. The lowest BCUT2D eigenvalue weighted by molar-refractivity contribution is 0.596. The molecule has 0 saturated carbocycles. The van der Waals surface area contributed by atoms with Crippen molar-refractivity contribution in [2.75, 3.05) is 0 Å². The Morgan fingerprint density at radius 2 is 1.21 bits per heavy atom. The third-order valence-corrected chi connectivity index (χ3v) is 11.2. The van der Waals surface area contributed by atoms with E-state index in [4.69, 9.17) is 10.1 Å². The highest BCUT2D eigenvalue weighted by molar-refractivity contribution is 7.91. The molecule has 48 heavy (non-hydrogen) atoms. The van der Waals surface area contributed by atoms with Crippen LogP contribution in [0.1, 0.15) is 16.7 Å². The van der Waals surface area contributed by atoms with Gasteiger partial charge in [-0.25, -0.2) is 13.4 Å². The Bertz CT molecular complexity index is 2870. The zero-order valence-electron chi connectivity index (χ0n) is 26.5. The van der Waals surface area contributed by atoms with Crippen LogP contribution in [-0.4, -0.2) is 32.6 Å². The summed E-state index contributed by atoms with van der Waals surface area (Å²) in [6, 6.07) is 37.1. The number of nitrogens with zero attached hydrogens (tertiary/aromatic N) is 5. The summed E-state index contributed by atoms with van der Waals surface area (Å²) in [4.78, 5) is 5.09. The van der Waals surface area contributed by atoms with E-state index in [0.29, 0.717) is 5.65 Å². The molecule has 0 saturated heterocycles. The van der Waals surface area contributed by atoms with Crippen molar-refractivity contribution in [3.8, 4) is 17.2 Å². The molecule has 5 aromatic carbocycles. The van der Waals surface area contributed by atoms with E-state index in [1.165, 1.54) is 0 Å². The summed E-state index contributed by atoms with van der Waals surface area (Å²) in [5.41, 5.74) is 7.57. The Morgan fingerprint density at radius 3 is 1.94 bits per heavy atom. The van der Waals surface area contributed by atoms with Gasteiger partial charge in [-0.3, -0.25) is 8.97 Å². The van der Waals surface area contributed by atoms with E-state index in [2.05, 4.69) is 53.7 Å². The fourth-order valence-corrected chi connectivity index (χ4v) is 8.42. The maximum atomic E-state index is 14.5. The van der Waals surface area contributed by atoms with E-state index in [1.54, 1.807) is 24.3 Å². The third kappa shape index (κ3) is 4.06. The maximum Gasteiger partial charge on any atom is 0.206 e. The molecule has 8 heteroatoms. The van der Waals surface area contributed by atoms with Crippen LogP contribution in [0.15, 0.2) is 131 Å². The quantitative estimate of drug-likeness (QED) is 0.179. The van der Waals surface area contributed by atoms with Gasteiger partial charge in [0.05, 0.1) is 26.3 Å². The van der Waals surface area contributed by atoms with Gasteiger partial charge in [0.1, 0.15) is 5.82 Å². The van der Waals surface area contributed by atoms with E-state index in [0.717, 1.165) is 77.4 Å². The van der Waals surface area contributed by atoms with E-state index >= 15 is 0 Å². The second kappa shape index (κ2) is 10.3. The number of sulfone groups is 1. The second-order valence-electron chi connectivity index (χ2n) is 12.4. The van der Waals surface area contributed by atoms with E-state index in [1.807, 2.05) is 78.4 Å². The Labute approximate surface area is 276 Å². The molecule has 0 fully saturated rings. The van der Waals surface area contributed by atoms with Crippen molar-refractivity contribution >= 4 is 59.0 Å². The standard InChI is InChI=1S/C40H29N5O2S/c1-24-15-20-37(41-23-24)44-34-13-6-5-12-31(34)32-19-17-28(22-36(32)44)48(46,47)27-16-18-29-30-11-4-7-14-35(30)45-39(33(29)21-27)42-43-40(45)38-25(2)9-8-10-26(38)3/h4-23H,1-3H3. The van der Waals surface area contributed by atoms with E-state index in [9.17, 15) is 8.42 Å². The van der Waals surface area contributed by atoms with Crippen LogP contribution in [0.5, 0.6) is 0 Å². The summed E-state index contributed by atoms with van der Waals surface area (Å²) in [6.45, 7) is 6.14. The van der Waals surface area contributed by atoms with Crippen LogP contribution in [0.2, 0.25) is 0 Å². The lowest BCUT2D eigenvalue weighted by atomic mass is 10.0. The summed E-state index contributed by atoms with van der Waals surface area (Å²) >= 11 is 0. The van der Waals surface area contributed by atoms with Crippen molar-refractivity contribution in [1.29, 1.82) is 0 Å². The fourth-order valence-electron chi connectivity index (χ4n) is 7.12. The molecule has 7 nitrogen and oxygen atoms in total. The fraction of sp³-hybridized carbons (Fsp3) is 0.0750. The van der Waals surface area contributed by atoms with Crippen molar-refractivity contribution in [1.82, 2.24) is 24.1 Å². The highest BCUT2D eigenvalue weighted by Gasteiger charge is 2.24. The molecular weight excluding hydrogens is 615 g/mol. The molecule has 0 amide bonds. The van der Waals surface area contributed by atoms with Gasteiger partial charge in [0.2, 0.25) is 9.84 Å². The van der Waals surface area contributed by atoms with Crippen LogP contribution in [0.4, 0.5) is 0 Å². The molecule has 0 radical (unpaired) electrons. The minimum Gasteiger partial charge on any atom is -0.294 e. The highest BCUT2D eigenvalue weighted by Crippen LogP contribution is 2.37. The molecule has 232 valence electrons. The number of aryl methyl sites for hydroxylation is 3. The third-order valence-electron chi connectivity index (χ3n) is 9.43. The van der Waals surface area contributed by atoms with Crippen molar-refractivity contribution < 1.29 is 8.42 Å². The second-order valence-corrected chi connectivity index (χ2v) is 14.4. The molecule has 0 aliphatic rings. The van der Waals surface area contributed by atoms with Gasteiger partial charge in [-0.1, -0.05) is 72.8 Å². The largest absolute Gasteiger partial charge is 0.294 e. The number of aromatic nitrogens is 5. The lowest BCUT2D eigenvalue weighted by Gasteiger charge is -2.13. The van der Waals surface area contributed by atoms with Gasteiger partial charge in [0.25, 0.3) is 0 Å². The van der Waals surface area contributed by atoms with E-state index in [-0.39, 0.29) is 9.79 Å². The van der Waals surface area contributed by atoms with E-state index < -0.39 is 9.84 Å². The first-order valence-electron chi connectivity index (χ1n) is 15.8. The first-order valence-corrected chi connectivity index (χ1v) is 17.3. The molecule has 0 spiro atoms. The first-order chi connectivity index (χ1) is 23.3. The minimum atomic E-state index is -3.94. The number of hydrogen-bond donors (Lipinski definition) is 0. The van der Waals surface area contributed by atoms with Crippen molar-refractivity contribution in [2.45, 2.75) is 30.6 Å². The highest BCUT2D eigenvalue weighted by atomic mass is 32.2. The van der Waals surface area contributed by atoms with Crippen molar-refractivity contribution in [2.24, 2.45) is 0 Å². The SMILES string of the molecule is Cc1ccc(-n2c3ccccc3c3ccc(S(=O)(=O)c4ccc5c6ccccc6n6c(-c7c(C)cccc7C)nnc6c5c4)cc32)nc1. The van der Waals surface area contributed by atoms with Crippen molar-refractivity contribution in [3.05, 3.63) is 138 Å². The smallest absolute Gasteiger partial charge is 0.206 e. The summed E-state index contributed by atoms with van der Waals surface area (Å²) in [7, 11) is -3.94. The topological polar surface area (TPSA) is 82.2 Å². The molecule has 4 heterocycles. The van der Waals surface area contributed by atoms with Crippen LogP contribution in [0, 0.1) is 20.8 Å². The molecule has 9 rings (SSSR count). The zero-order chi connectivity index (χ0) is 32.7. The van der Waals surface area contributed by atoms with Crippen LogP contribution >= 0.6 is 0 Å². The Balaban J connectivity index is 1.28. The maximum absolute atomic E-state index is 14.5. The molecule has 0 unspecified atom stereocenters. The molecule has 0 aliphatic carbocycles. The van der Waals surface area contributed by atoms with Gasteiger partial charge in [-0.2, -0.15) is 0 Å². The van der Waals surface area contributed by atoms with Crippen LogP contribution in [0.25, 0.3) is 66.3 Å². The van der Waals surface area contributed by atoms with Gasteiger partial charge in [0.15, 0.2) is 11.5 Å². The summed E-state index contributed by atoms with van der Waals surface area (Å²) < 4.78 is 33.0. The predicted octanol–water partition coefficient (Wildman–Crippen LogP) is 8.95. The molecule has 0 bridgehead atoms. The van der Waals surface area contributed by atoms with Gasteiger partial charge in [-0.05, 0) is 85.3 Å². The minimum absolute atomic E-state index is 0.194. The summed E-state index contributed by atoms with van der Waals surface area (Å²) in [5.74, 6) is 1.46. The molecule has 4 aromatic heterocycles. The molecule has 0 atom stereocenters. The Hall–Kier alpha value is -5.86. The lowest BCUT2D eigenvalue weighted by Crippen LogP contribution is -2.04. The average Bonchev–Trinajstić information content (AvgIpc) is 3.68. The number of para-hydroxylation sites is 2. The summed E-state index contributed by atoms with van der Waals surface area (Å²) in [5, 5.41) is 14.0. The molecular formula is C40H29N5O2S. The number of fused-ring (bicyclic) bond motifs is 9. The molecule has 9 aromatic rings. The van der Waals surface area contributed by atoms with Gasteiger partial charge in [-0.15, -0.1) is 10.2 Å². The summed E-state index contributed by atoms with van der Waals surface area (Å²) in [6.07, 6.45) is 1.83. The van der Waals surface area contributed by atoms with Gasteiger partial charge in [0, 0.05) is 33.3 Å². The molecule has 0 aliphatic heterocycles. The number of rotatable bonds is 4. The number of hydrogen-bond acceptors (Lipinski definition) is 5. The number of benzene rings is 5. The zero-order valence-corrected chi connectivity index (χ0v) is 27.3. The number of pyridine rings is 2. The molecule has 0 N–H and O–H groups in total. The Kier molecular flexibility index (Phi) is 6.10. The van der Waals surface area contributed by atoms with Crippen LogP contribution in [-0.2, 0) is 9.84 Å². The van der Waals surface area contributed by atoms with Gasteiger partial charge >= 0.3 is 0 Å². The average molecular weight is 644 g/mol. The first kappa shape index (κ1) is 28.4. The van der Waals surface area contributed by atoms with Crippen LogP contribution in [0.3, 0.4) is 0 Å². The van der Waals surface area contributed by atoms with Crippen molar-refractivity contribution in [3.63, 3.8) is 0 Å². The monoisotopic (exact) mass is 643 g/mol.